The molecule has 112 valence electrons. The highest BCUT2D eigenvalue weighted by Crippen LogP contribution is 2.29. The summed E-state index contributed by atoms with van der Waals surface area (Å²) >= 11 is 5.67. The summed E-state index contributed by atoms with van der Waals surface area (Å²) in [6.45, 7) is 4.27. The van der Waals surface area contributed by atoms with Crippen molar-refractivity contribution in [2.75, 3.05) is 0 Å². The molecule has 2 unspecified atom stereocenters. The second-order valence-electron chi connectivity index (χ2n) is 5.75. The highest BCUT2D eigenvalue weighted by Gasteiger charge is 2.28. The first-order valence-electron chi connectivity index (χ1n) is 6.68. The van der Waals surface area contributed by atoms with Crippen molar-refractivity contribution in [2.45, 2.75) is 44.0 Å². The van der Waals surface area contributed by atoms with E-state index in [1.807, 2.05) is 0 Å². The Morgan fingerprint density at radius 2 is 1.85 bits per heavy atom. The molecule has 1 aliphatic rings. The van der Waals surface area contributed by atoms with Crippen LogP contribution in [-0.2, 0) is 10.0 Å². The lowest BCUT2D eigenvalue weighted by Gasteiger charge is -2.31. The second-order valence-corrected chi connectivity index (χ2v) is 7.87. The molecule has 2 atom stereocenters. The van der Waals surface area contributed by atoms with E-state index in [0.717, 1.165) is 19.3 Å². The fourth-order valence-corrected chi connectivity index (χ4v) is 4.41. The van der Waals surface area contributed by atoms with Crippen LogP contribution in [0.3, 0.4) is 0 Å². The van der Waals surface area contributed by atoms with Crippen LogP contribution in [0.4, 0.5) is 0 Å². The Morgan fingerprint density at radius 1 is 1.25 bits per heavy atom. The van der Waals surface area contributed by atoms with Crippen LogP contribution in [0.5, 0.6) is 0 Å². The maximum Gasteiger partial charge on any atom is 0.266 e. The van der Waals surface area contributed by atoms with Gasteiger partial charge in [-0.1, -0.05) is 25.4 Å². The average Bonchev–Trinajstić information content (AvgIpc) is 2.30. The molecule has 1 aromatic heterocycles. The molecule has 5 nitrogen and oxygen atoms in total. The van der Waals surface area contributed by atoms with Gasteiger partial charge in [0.2, 0.25) is 10.0 Å². The Kier molecular flexibility index (Phi) is 4.56. The van der Waals surface area contributed by atoms with Crippen LogP contribution < -0.4 is 10.3 Å². The molecule has 0 bridgehead atoms. The van der Waals surface area contributed by atoms with E-state index in [9.17, 15) is 13.2 Å². The van der Waals surface area contributed by atoms with Crippen molar-refractivity contribution in [1.29, 1.82) is 0 Å². The van der Waals surface area contributed by atoms with Crippen molar-refractivity contribution in [3.05, 3.63) is 27.6 Å². The van der Waals surface area contributed by atoms with Gasteiger partial charge in [0.1, 0.15) is 5.02 Å². The zero-order chi connectivity index (χ0) is 14.9. The largest absolute Gasteiger partial charge is 0.326 e. The highest BCUT2D eigenvalue weighted by molar-refractivity contribution is 7.89. The third kappa shape index (κ3) is 3.62. The zero-order valence-electron chi connectivity index (χ0n) is 11.5. The Morgan fingerprint density at radius 3 is 2.40 bits per heavy atom. The van der Waals surface area contributed by atoms with Gasteiger partial charge in [0, 0.05) is 12.2 Å². The van der Waals surface area contributed by atoms with Crippen LogP contribution in [0.25, 0.3) is 0 Å². The van der Waals surface area contributed by atoms with Crippen LogP contribution in [0.15, 0.2) is 22.0 Å². The van der Waals surface area contributed by atoms with Gasteiger partial charge in [-0.25, -0.2) is 13.1 Å². The number of pyridine rings is 1. The van der Waals surface area contributed by atoms with Crippen molar-refractivity contribution < 1.29 is 8.42 Å². The summed E-state index contributed by atoms with van der Waals surface area (Å²) in [6.07, 6.45) is 3.97. The first-order valence-corrected chi connectivity index (χ1v) is 8.54. The van der Waals surface area contributed by atoms with Gasteiger partial charge in [-0.15, -0.1) is 0 Å². The number of hydrogen-bond acceptors (Lipinski definition) is 3. The molecule has 0 aliphatic heterocycles. The third-order valence-electron chi connectivity index (χ3n) is 3.64. The molecule has 20 heavy (non-hydrogen) atoms. The van der Waals surface area contributed by atoms with Crippen molar-refractivity contribution in [3.63, 3.8) is 0 Å². The molecule has 1 aliphatic carbocycles. The van der Waals surface area contributed by atoms with Crippen molar-refractivity contribution in [3.8, 4) is 0 Å². The predicted molar refractivity (Wildman–Crippen MR) is 78.4 cm³/mol. The Hall–Kier alpha value is -0.850. The molecule has 7 heteroatoms. The SMILES string of the molecule is CC1CC(C)CC(NS(=O)(=O)c2c[nH]c(=O)c(Cl)c2)C1. The Balaban J connectivity index is 2.18. The number of H-pyrrole nitrogens is 1. The van der Waals surface area contributed by atoms with E-state index in [4.69, 9.17) is 11.6 Å². The summed E-state index contributed by atoms with van der Waals surface area (Å²) in [5, 5.41) is -0.127. The number of halogens is 1. The summed E-state index contributed by atoms with van der Waals surface area (Å²) in [6, 6.07) is 1.11. The van der Waals surface area contributed by atoms with Crippen LogP contribution in [0.2, 0.25) is 5.02 Å². The number of sulfonamides is 1. The van der Waals surface area contributed by atoms with Gasteiger partial charge in [-0.3, -0.25) is 4.79 Å². The number of nitrogens with one attached hydrogen (secondary N) is 2. The number of rotatable bonds is 3. The molecule has 1 saturated carbocycles. The minimum absolute atomic E-state index is 0.00650. The predicted octanol–water partition coefficient (Wildman–Crippen LogP) is 2.13. The molecule has 0 aromatic carbocycles. The van der Waals surface area contributed by atoms with E-state index in [1.165, 1.54) is 12.3 Å². The molecule has 0 saturated heterocycles. The smallest absolute Gasteiger partial charge is 0.266 e. The molecule has 0 amide bonds. The molecule has 2 rings (SSSR count). The van der Waals surface area contributed by atoms with E-state index < -0.39 is 15.6 Å². The van der Waals surface area contributed by atoms with E-state index in [-0.39, 0.29) is 16.0 Å². The van der Waals surface area contributed by atoms with Gasteiger partial charge in [0.25, 0.3) is 5.56 Å². The van der Waals surface area contributed by atoms with Crippen LogP contribution >= 0.6 is 11.6 Å². The van der Waals surface area contributed by atoms with Crippen LogP contribution in [0.1, 0.15) is 33.1 Å². The van der Waals surface area contributed by atoms with Gasteiger partial charge in [0.15, 0.2) is 0 Å². The quantitative estimate of drug-likeness (QED) is 0.896. The number of aromatic amines is 1. The molecule has 1 fully saturated rings. The van der Waals surface area contributed by atoms with E-state index >= 15 is 0 Å². The summed E-state index contributed by atoms with van der Waals surface area (Å²) in [5.41, 5.74) is -0.495. The molecular weight excluding hydrogens is 300 g/mol. The lowest BCUT2D eigenvalue weighted by Crippen LogP contribution is -2.40. The zero-order valence-corrected chi connectivity index (χ0v) is 13.1. The van der Waals surface area contributed by atoms with Gasteiger partial charge in [0.05, 0.1) is 4.90 Å². The molecule has 1 aromatic rings. The summed E-state index contributed by atoms with van der Waals surface area (Å²) in [5.74, 6) is 1.01. The monoisotopic (exact) mass is 318 g/mol. The van der Waals surface area contributed by atoms with Gasteiger partial charge in [-0.05, 0) is 37.2 Å². The molecular formula is C13H19ClN2O3S. The standard InChI is InChI=1S/C13H19ClN2O3S/c1-8-3-9(2)5-10(4-8)16-20(18,19)11-6-12(14)13(17)15-7-11/h6-10,16H,3-5H2,1-2H3,(H,15,17). The Bertz CT molecular complexity index is 631. The van der Waals surface area contributed by atoms with Crippen LogP contribution in [0, 0.1) is 11.8 Å². The number of hydrogen-bond donors (Lipinski definition) is 2. The topological polar surface area (TPSA) is 79.0 Å². The Labute approximate surface area is 123 Å². The maximum atomic E-state index is 12.3. The van der Waals surface area contributed by atoms with Gasteiger partial charge < -0.3 is 4.98 Å². The molecule has 0 radical (unpaired) electrons. The lowest BCUT2D eigenvalue weighted by atomic mass is 9.81. The van der Waals surface area contributed by atoms with Crippen molar-refractivity contribution in [2.24, 2.45) is 11.8 Å². The van der Waals surface area contributed by atoms with Crippen molar-refractivity contribution >= 4 is 21.6 Å². The molecule has 1 heterocycles. The average molecular weight is 319 g/mol. The fourth-order valence-electron chi connectivity index (χ4n) is 2.92. The first-order chi connectivity index (χ1) is 9.28. The minimum Gasteiger partial charge on any atom is -0.326 e. The minimum atomic E-state index is -3.65. The van der Waals surface area contributed by atoms with Crippen molar-refractivity contribution in [1.82, 2.24) is 9.71 Å². The van der Waals surface area contributed by atoms with Crippen LogP contribution in [-0.4, -0.2) is 19.4 Å². The third-order valence-corrected chi connectivity index (χ3v) is 5.42. The van der Waals surface area contributed by atoms with Gasteiger partial charge in [-0.2, -0.15) is 0 Å². The van der Waals surface area contributed by atoms with E-state index in [2.05, 4.69) is 23.6 Å². The lowest BCUT2D eigenvalue weighted by molar-refractivity contribution is 0.257. The summed E-state index contributed by atoms with van der Waals surface area (Å²) < 4.78 is 27.3. The van der Waals surface area contributed by atoms with Gasteiger partial charge >= 0.3 is 0 Å². The summed E-state index contributed by atoms with van der Waals surface area (Å²) in [7, 11) is -3.65. The summed E-state index contributed by atoms with van der Waals surface area (Å²) in [4.78, 5) is 13.5. The van der Waals surface area contributed by atoms with E-state index in [0.29, 0.717) is 11.8 Å². The fraction of sp³-hybridized carbons (Fsp3) is 0.615. The van der Waals surface area contributed by atoms with E-state index in [1.54, 1.807) is 0 Å². The maximum absolute atomic E-state index is 12.3. The normalized spacial score (nSPS) is 27.4. The molecule has 2 N–H and O–H groups in total. The second kappa shape index (κ2) is 5.87. The first kappa shape index (κ1) is 15.5. The number of aromatic nitrogens is 1. The molecule has 0 spiro atoms. The highest BCUT2D eigenvalue weighted by atomic mass is 35.5.